The number of hydrogen-bond acceptors (Lipinski definition) is 1. The van der Waals surface area contributed by atoms with Crippen LogP contribution in [-0.4, -0.2) is 15.9 Å². The van der Waals surface area contributed by atoms with Crippen molar-refractivity contribution in [3.63, 3.8) is 0 Å². The van der Waals surface area contributed by atoms with Crippen LogP contribution in [0.5, 0.6) is 5.75 Å². The van der Waals surface area contributed by atoms with Crippen molar-refractivity contribution in [2.24, 2.45) is 0 Å². The molecule has 0 N–H and O–H groups in total. The predicted molar refractivity (Wildman–Crippen MR) is 143 cm³/mol. The normalized spacial score (nSPS) is 14.8. The highest BCUT2D eigenvalue weighted by atomic mass is 28.3. The highest BCUT2D eigenvalue weighted by molar-refractivity contribution is 6.58. The molecule has 1 unspecified atom stereocenters. The zero-order valence-electron chi connectivity index (χ0n) is 19.7. The summed E-state index contributed by atoms with van der Waals surface area (Å²) in [7, 11) is 1.28. The second-order valence-corrected chi connectivity index (χ2v) is 11.7. The number of rotatable bonds is 5. The lowest BCUT2D eigenvalue weighted by Gasteiger charge is -2.22. The van der Waals surface area contributed by atoms with Crippen LogP contribution in [0.3, 0.4) is 0 Å². The van der Waals surface area contributed by atoms with Gasteiger partial charge in [-0.1, -0.05) is 110 Å². The van der Waals surface area contributed by atoms with Gasteiger partial charge in [-0.2, -0.15) is 0 Å². The molecule has 1 aliphatic rings. The Labute approximate surface area is 199 Å². The van der Waals surface area contributed by atoms with Crippen molar-refractivity contribution >= 4 is 14.9 Å². The molecule has 0 aromatic heterocycles. The third-order valence-corrected chi connectivity index (χ3v) is 8.58. The van der Waals surface area contributed by atoms with Crippen molar-refractivity contribution in [2.75, 3.05) is 7.11 Å². The first kappa shape index (κ1) is 21.5. The molecular weight excluding hydrogens is 416 g/mol. The van der Waals surface area contributed by atoms with Crippen LogP contribution >= 0.6 is 0 Å². The van der Waals surface area contributed by atoms with E-state index in [9.17, 15) is 0 Å². The quantitative estimate of drug-likeness (QED) is 0.280. The Morgan fingerprint density at radius 2 is 1.30 bits per heavy atom. The molecule has 1 atom stereocenters. The summed E-state index contributed by atoms with van der Waals surface area (Å²) in [5, 5.41) is 0. The van der Waals surface area contributed by atoms with E-state index in [2.05, 4.69) is 117 Å². The molecule has 4 aromatic rings. The summed E-state index contributed by atoms with van der Waals surface area (Å²) in [4.78, 5) is 0. The van der Waals surface area contributed by atoms with Crippen LogP contribution in [0.15, 0.2) is 96.6 Å². The Morgan fingerprint density at radius 3 is 1.91 bits per heavy atom. The van der Waals surface area contributed by atoms with Crippen LogP contribution in [0.4, 0.5) is 0 Å². The largest absolute Gasteiger partial charge is 0.496 e. The minimum absolute atomic E-state index is 0.482. The standard InChI is InChI=1S/C31H29OSi/c1-21-20-27-24(16-11-17-26(27)31(21)33(3)4)25-18-19-28(32-2)30(23-14-9-6-10-15-23)29(25)22-12-7-5-8-13-22/h5-20,31H,1-4H3. The minimum Gasteiger partial charge on any atom is -0.496 e. The Morgan fingerprint density at radius 1 is 0.667 bits per heavy atom. The van der Waals surface area contributed by atoms with Crippen molar-refractivity contribution in [1.82, 2.24) is 0 Å². The van der Waals surface area contributed by atoms with E-state index >= 15 is 0 Å². The SMILES string of the molecule is COc1ccc(-c2cccc3c2C=C(C)C3[Si](C)C)c(-c2ccccc2)c1-c1ccccc1. The van der Waals surface area contributed by atoms with Gasteiger partial charge in [-0.25, -0.2) is 0 Å². The first-order chi connectivity index (χ1) is 16.1. The molecule has 0 spiro atoms. The molecule has 2 heteroatoms. The van der Waals surface area contributed by atoms with Crippen molar-refractivity contribution < 1.29 is 4.74 Å². The van der Waals surface area contributed by atoms with Crippen molar-refractivity contribution in [2.45, 2.75) is 25.6 Å². The highest BCUT2D eigenvalue weighted by Gasteiger charge is 2.29. The number of fused-ring (bicyclic) bond motifs is 1. The van der Waals surface area contributed by atoms with Gasteiger partial charge in [0.2, 0.25) is 0 Å². The fourth-order valence-electron chi connectivity index (χ4n) is 5.33. The van der Waals surface area contributed by atoms with E-state index in [1.165, 1.54) is 44.5 Å². The zero-order chi connectivity index (χ0) is 22.9. The molecule has 4 aromatic carbocycles. The number of benzene rings is 4. The van der Waals surface area contributed by atoms with Gasteiger partial charge in [-0.15, -0.1) is 0 Å². The number of allylic oxidation sites excluding steroid dienone is 1. The molecule has 0 bridgehead atoms. The second-order valence-electron chi connectivity index (χ2n) is 9.00. The summed E-state index contributed by atoms with van der Waals surface area (Å²) < 4.78 is 5.90. The van der Waals surface area contributed by atoms with Gasteiger partial charge in [0.25, 0.3) is 0 Å². The smallest absolute Gasteiger partial charge is 0.127 e. The van der Waals surface area contributed by atoms with E-state index in [1.807, 2.05) is 0 Å². The van der Waals surface area contributed by atoms with Crippen molar-refractivity contribution in [3.05, 3.63) is 108 Å². The Kier molecular flexibility index (Phi) is 5.78. The summed E-state index contributed by atoms with van der Waals surface area (Å²) in [5.41, 5.74) is 12.2. The van der Waals surface area contributed by atoms with Crippen LogP contribution in [0.25, 0.3) is 39.5 Å². The van der Waals surface area contributed by atoms with Gasteiger partial charge in [0, 0.05) is 11.1 Å². The lowest BCUT2D eigenvalue weighted by atomic mass is 9.85. The molecule has 0 amide bonds. The molecule has 0 saturated carbocycles. The summed E-state index contributed by atoms with van der Waals surface area (Å²) in [6.07, 6.45) is 2.42. The van der Waals surface area contributed by atoms with Gasteiger partial charge < -0.3 is 4.74 Å². The van der Waals surface area contributed by atoms with Gasteiger partial charge in [0.1, 0.15) is 5.75 Å². The van der Waals surface area contributed by atoms with Gasteiger partial charge >= 0.3 is 0 Å². The molecule has 0 fully saturated rings. The van der Waals surface area contributed by atoms with Crippen LogP contribution in [0.1, 0.15) is 23.6 Å². The number of hydrogen-bond donors (Lipinski definition) is 0. The third kappa shape index (κ3) is 3.75. The fourth-order valence-corrected chi connectivity index (χ4v) is 7.20. The first-order valence-electron chi connectivity index (χ1n) is 11.5. The van der Waals surface area contributed by atoms with Gasteiger partial charge in [0.05, 0.1) is 15.9 Å². The maximum atomic E-state index is 5.90. The molecule has 0 aliphatic heterocycles. The maximum Gasteiger partial charge on any atom is 0.127 e. The average molecular weight is 446 g/mol. The average Bonchev–Trinajstić information content (AvgIpc) is 3.20. The summed E-state index contributed by atoms with van der Waals surface area (Å²) in [5.74, 6) is 0.897. The monoisotopic (exact) mass is 445 g/mol. The lowest BCUT2D eigenvalue weighted by molar-refractivity contribution is 0.416. The topological polar surface area (TPSA) is 9.23 Å². The molecule has 163 valence electrons. The lowest BCUT2D eigenvalue weighted by Crippen LogP contribution is -2.15. The van der Waals surface area contributed by atoms with Crippen LogP contribution < -0.4 is 4.74 Å². The predicted octanol–water partition coefficient (Wildman–Crippen LogP) is 8.49. The Bertz CT molecular complexity index is 1320. The first-order valence-corrected chi connectivity index (χ1v) is 14.1. The molecular formula is C31H29OSi. The second kappa shape index (κ2) is 8.88. The van der Waals surface area contributed by atoms with E-state index in [4.69, 9.17) is 4.74 Å². The molecule has 1 nitrogen and oxygen atoms in total. The Balaban J connectivity index is 1.85. The Hall–Kier alpha value is -3.36. The zero-order valence-corrected chi connectivity index (χ0v) is 20.7. The van der Waals surface area contributed by atoms with E-state index in [0.717, 1.165) is 11.3 Å². The van der Waals surface area contributed by atoms with E-state index in [-0.39, 0.29) is 0 Å². The van der Waals surface area contributed by atoms with Crippen LogP contribution in [-0.2, 0) is 0 Å². The summed E-state index contributed by atoms with van der Waals surface area (Å²) >= 11 is 0. The fraction of sp³-hybridized carbons (Fsp3) is 0.161. The van der Waals surface area contributed by atoms with E-state index < -0.39 is 8.80 Å². The van der Waals surface area contributed by atoms with E-state index in [0.29, 0.717) is 5.54 Å². The molecule has 0 saturated heterocycles. The van der Waals surface area contributed by atoms with Crippen molar-refractivity contribution in [1.29, 1.82) is 0 Å². The van der Waals surface area contributed by atoms with Gasteiger partial charge in [0.15, 0.2) is 0 Å². The van der Waals surface area contributed by atoms with Crippen LogP contribution in [0.2, 0.25) is 13.1 Å². The molecule has 0 heterocycles. The molecule has 1 radical (unpaired) electrons. The van der Waals surface area contributed by atoms with Crippen molar-refractivity contribution in [3.8, 4) is 39.1 Å². The van der Waals surface area contributed by atoms with Gasteiger partial charge in [-0.3, -0.25) is 0 Å². The highest BCUT2D eigenvalue weighted by Crippen LogP contribution is 2.48. The molecule has 33 heavy (non-hydrogen) atoms. The third-order valence-electron chi connectivity index (χ3n) is 6.66. The number of methoxy groups -OCH3 is 1. The molecule has 5 rings (SSSR count). The van der Waals surface area contributed by atoms with Crippen LogP contribution in [0, 0.1) is 0 Å². The number of ether oxygens (including phenoxy) is 1. The summed E-state index contributed by atoms with van der Waals surface area (Å²) in [6, 6.07) is 32.5. The van der Waals surface area contributed by atoms with Gasteiger partial charge in [-0.05, 0) is 51.9 Å². The maximum absolute atomic E-state index is 5.90. The minimum atomic E-state index is -0.482. The summed E-state index contributed by atoms with van der Waals surface area (Å²) in [6.45, 7) is 7.14. The van der Waals surface area contributed by atoms with E-state index in [1.54, 1.807) is 7.11 Å². The molecule has 1 aliphatic carbocycles.